The van der Waals surface area contributed by atoms with Gasteiger partial charge in [0.1, 0.15) is 5.75 Å². The van der Waals surface area contributed by atoms with E-state index in [1.165, 1.54) is 24.3 Å². The number of anilines is 2. The van der Waals surface area contributed by atoms with Crippen molar-refractivity contribution in [1.82, 2.24) is 0 Å². The lowest BCUT2D eigenvalue weighted by atomic mass is 9.95. The van der Waals surface area contributed by atoms with E-state index in [2.05, 4.69) is 5.32 Å². The van der Waals surface area contributed by atoms with Gasteiger partial charge in [0.05, 0.1) is 11.5 Å². The van der Waals surface area contributed by atoms with Crippen LogP contribution in [0.15, 0.2) is 53.4 Å². The number of rotatable bonds is 4. The number of carbonyl (C=O) groups is 1. The molecule has 0 saturated heterocycles. The van der Waals surface area contributed by atoms with Crippen LogP contribution in [0.2, 0.25) is 0 Å². The van der Waals surface area contributed by atoms with Crippen molar-refractivity contribution in [3.05, 3.63) is 48.5 Å². The quantitative estimate of drug-likeness (QED) is 0.539. The van der Waals surface area contributed by atoms with Gasteiger partial charge in [-0.05, 0) is 55.5 Å². The Hall–Kier alpha value is -2.58. The SMILES string of the molecule is CC(C)(C)C(=O)Nc1ccc(S(=O)(=O)O)cc1.CCOc1ccc(N)cc1. The molecule has 0 radical (unpaired) electrons. The fourth-order valence-corrected chi connectivity index (χ4v) is 2.24. The Morgan fingerprint density at radius 3 is 2.00 bits per heavy atom. The molecule has 0 saturated carbocycles. The Bertz CT molecular complexity index is 839. The molecule has 0 heterocycles. The molecule has 1 amide bonds. The molecule has 0 aliphatic rings. The molecule has 0 atom stereocenters. The van der Waals surface area contributed by atoms with Gasteiger partial charge >= 0.3 is 0 Å². The van der Waals surface area contributed by atoms with E-state index in [-0.39, 0.29) is 10.8 Å². The molecular weight excluding hydrogens is 368 g/mol. The van der Waals surface area contributed by atoms with E-state index < -0.39 is 15.5 Å². The number of ether oxygens (including phenoxy) is 1. The standard InChI is InChI=1S/C11H15NO4S.C8H11NO/c1-11(2,3)10(13)12-8-4-6-9(7-5-8)17(14,15)16;1-2-10-8-5-3-7(9)4-6-8/h4-7H,1-3H3,(H,12,13)(H,14,15,16);3-6H,2,9H2,1H3. The second-order valence-corrected chi connectivity index (χ2v) is 8.13. The second-order valence-electron chi connectivity index (χ2n) is 6.71. The molecule has 0 unspecified atom stereocenters. The molecule has 27 heavy (non-hydrogen) atoms. The summed E-state index contributed by atoms with van der Waals surface area (Å²) in [6.07, 6.45) is 0. The van der Waals surface area contributed by atoms with Gasteiger partial charge in [-0.25, -0.2) is 0 Å². The number of carbonyl (C=O) groups excluding carboxylic acids is 1. The Morgan fingerprint density at radius 1 is 1.07 bits per heavy atom. The molecule has 148 valence electrons. The van der Waals surface area contributed by atoms with E-state index in [1.54, 1.807) is 20.8 Å². The first-order valence-electron chi connectivity index (χ1n) is 8.31. The molecule has 0 spiro atoms. The highest BCUT2D eigenvalue weighted by Crippen LogP contribution is 2.19. The molecule has 8 heteroatoms. The third-order valence-corrected chi connectivity index (χ3v) is 4.15. The summed E-state index contributed by atoms with van der Waals surface area (Å²) in [6, 6.07) is 12.7. The summed E-state index contributed by atoms with van der Waals surface area (Å²) in [4.78, 5) is 11.4. The Kier molecular flexibility index (Phi) is 7.81. The van der Waals surface area contributed by atoms with E-state index in [1.807, 2.05) is 31.2 Å². The summed E-state index contributed by atoms with van der Waals surface area (Å²) < 4.78 is 35.6. The van der Waals surface area contributed by atoms with Crippen molar-refractivity contribution in [3.8, 4) is 5.75 Å². The monoisotopic (exact) mass is 394 g/mol. The normalized spacial score (nSPS) is 11.1. The zero-order chi connectivity index (χ0) is 20.7. The van der Waals surface area contributed by atoms with Crippen molar-refractivity contribution < 1.29 is 22.5 Å². The van der Waals surface area contributed by atoms with Crippen molar-refractivity contribution in [2.24, 2.45) is 5.41 Å². The zero-order valence-corrected chi connectivity index (χ0v) is 16.7. The maximum absolute atomic E-state index is 11.6. The molecule has 0 aliphatic carbocycles. The van der Waals surface area contributed by atoms with Crippen LogP contribution in [0.1, 0.15) is 27.7 Å². The van der Waals surface area contributed by atoms with Gasteiger partial charge in [0.2, 0.25) is 5.91 Å². The summed E-state index contributed by atoms with van der Waals surface area (Å²) in [5.41, 5.74) is 6.19. The molecule has 2 rings (SSSR count). The molecule has 0 aliphatic heterocycles. The Labute approximate surface area is 160 Å². The van der Waals surface area contributed by atoms with Crippen molar-refractivity contribution in [2.45, 2.75) is 32.6 Å². The number of nitrogens with two attached hydrogens (primary N) is 1. The molecular formula is C19H26N2O5S. The number of amides is 1. The summed E-state index contributed by atoms with van der Waals surface area (Å²) in [5.74, 6) is 0.703. The smallest absolute Gasteiger partial charge is 0.294 e. The largest absolute Gasteiger partial charge is 0.494 e. The number of benzene rings is 2. The summed E-state index contributed by atoms with van der Waals surface area (Å²) in [6.45, 7) is 7.97. The van der Waals surface area contributed by atoms with Gasteiger partial charge in [0.15, 0.2) is 0 Å². The van der Waals surface area contributed by atoms with Crippen molar-refractivity contribution >= 4 is 27.4 Å². The van der Waals surface area contributed by atoms with Gasteiger partial charge in [-0.2, -0.15) is 8.42 Å². The third-order valence-electron chi connectivity index (χ3n) is 3.28. The summed E-state index contributed by atoms with van der Waals surface area (Å²) in [5, 5.41) is 2.65. The molecule has 0 bridgehead atoms. The third kappa shape index (κ3) is 8.10. The van der Waals surface area contributed by atoms with Crippen LogP contribution in [0.4, 0.5) is 11.4 Å². The van der Waals surface area contributed by atoms with E-state index in [9.17, 15) is 13.2 Å². The molecule has 0 aromatic heterocycles. The van der Waals surface area contributed by atoms with E-state index in [0.29, 0.717) is 12.3 Å². The summed E-state index contributed by atoms with van der Waals surface area (Å²) in [7, 11) is -4.19. The first kappa shape index (κ1) is 22.5. The highest BCUT2D eigenvalue weighted by molar-refractivity contribution is 7.85. The van der Waals surface area contributed by atoms with Crippen LogP contribution < -0.4 is 15.8 Å². The van der Waals surface area contributed by atoms with Crippen LogP contribution in [0.25, 0.3) is 0 Å². The lowest BCUT2D eigenvalue weighted by Crippen LogP contribution is -2.27. The Balaban J connectivity index is 0.000000309. The minimum atomic E-state index is -4.19. The minimum absolute atomic E-state index is 0.169. The van der Waals surface area contributed by atoms with Gasteiger partial charge in [0.25, 0.3) is 10.1 Å². The number of hydrogen-bond acceptors (Lipinski definition) is 5. The van der Waals surface area contributed by atoms with Crippen molar-refractivity contribution in [1.29, 1.82) is 0 Å². The molecule has 0 fully saturated rings. The van der Waals surface area contributed by atoms with Crippen LogP contribution in [-0.4, -0.2) is 25.5 Å². The van der Waals surface area contributed by atoms with Crippen LogP contribution in [-0.2, 0) is 14.9 Å². The van der Waals surface area contributed by atoms with Crippen LogP contribution in [0.3, 0.4) is 0 Å². The highest BCUT2D eigenvalue weighted by atomic mass is 32.2. The van der Waals surface area contributed by atoms with E-state index in [4.69, 9.17) is 15.0 Å². The lowest BCUT2D eigenvalue weighted by molar-refractivity contribution is -0.123. The fraction of sp³-hybridized carbons (Fsp3) is 0.316. The topological polar surface area (TPSA) is 119 Å². The first-order valence-corrected chi connectivity index (χ1v) is 9.75. The van der Waals surface area contributed by atoms with Gasteiger partial charge in [-0.3, -0.25) is 9.35 Å². The number of nitrogens with one attached hydrogen (secondary N) is 1. The maximum atomic E-state index is 11.6. The molecule has 7 nitrogen and oxygen atoms in total. The van der Waals surface area contributed by atoms with Gasteiger partial charge < -0.3 is 15.8 Å². The molecule has 4 N–H and O–H groups in total. The molecule has 2 aromatic rings. The summed E-state index contributed by atoms with van der Waals surface area (Å²) >= 11 is 0. The van der Waals surface area contributed by atoms with Crippen molar-refractivity contribution in [2.75, 3.05) is 17.7 Å². The van der Waals surface area contributed by atoms with Crippen LogP contribution >= 0.6 is 0 Å². The second kappa shape index (κ2) is 9.38. The average Bonchev–Trinajstić information content (AvgIpc) is 2.57. The maximum Gasteiger partial charge on any atom is 0.294 e. The highest BCUT2D eigenvalue weighted by Gasteiger charge is 2.21. The van der Waals surface area contributed by atoms with E-state index >= 15 is 0 Å². The zero-order valence-electron chi connectivity index (χ0n) is 15.9. The predicted molar refractivity (Wildman–Crippen MR) is 106 cm³/mol. The Morgan fingerprint density at radius 2 is 1.59 bits per heavy atom. The average molecular weight is 394 g/mol. The van der Waals surface area contributed by atoms with Crippen LogP contribution in [0.5, 0.6) is 5.75 Å². The van der Waals surface area contributed by atoms with Gasteiger partial charge in [-0.1, -0.05) is 20.8 Å². The molecule has 2 aromatic carbocycles. The number of nitrogen functional groups attached to an aromatic ring is 1. The predicted octanol–water partition coefficient (Wildman–Crippen LogP) is 3.59. The number of hydrogen-bond donors (Lipinski definition) is 3. The van der Waals surface area contributed by atoms with E-state index in [0.717, 1.165) is 11.4 Å². The first-order chi connectivity index (χ1) is 12.4. The van der Waals surface area contributed by atoms with Crippen molar-refractivity contribution in [3.63, 3.8) is 0 Å². The fourth-order valence-electron chi connectivity index (χ4n) is 1.76. The van der Waals surface area contributed by atoms with Crippen LogP contribution in [0, 0.1) is 5.41 Å². The van der Waals surface area contributed by atoms with Gasteiger partial charge in [0, 0.05) is 16.8 Å². The minimum Gasteiger partial charge on any atom is -0.494 e. The van der Waals surface area contributed by atoms with Gasteiger partial charge in [-0.15, -0.1) is 0 Å². The lowest BCUT2D eigenvalue weighted by Gasteiger charge is -2.17.